The molecule has 1 aliphatic carbocycles. The summed E-state index contributed by atoms with van der Waals surface area (Å²) in [7, 11) is 0. The average molecular weight is 266 g/mol. The molecule has 0 aromatic carbocycles. The van der Waals surface area contributed by atoms with Gasteiger partial charge in [-0.1, -0.05) is 19.8 Å². The van der Waals surface area contributed by atoms with E-state index in [1.807, 2.05) is 0 Å². The molecule has 1 unspecified atom stereocenters. The lowest BCUT2D eigenvalue weighted by atomic mass is 9.88. The molecule has 2 rings (SSSR count). The molecule has 0 spiro atoms. The summed E-state index contributed by atoms with van der Waals surface area (Å²) >= 11 is 0. The van der Waals surface area contributed by atoms with Gasteiger partial charge in [-0.2, -0.15) is 0 Å². The van der Waals surface area contributed by atoms with Crippen molar-refractivity contribution >= 4 is 0 Å². The highest BCUT2D eigenvalue weighted by Crippen LogP contribution is 2.29. The van der Waals surface area contributed by atoms with Crippen molar-refractivity contribution in [3.63, 3.8) is 0 Å². The number of hydrogen-bond donors (Lipinski definition) is 1. The van der Waals surface area contributed by atoms with E-state index in [1.54, 1.807) is 0 Å². The lowest BCUT2D eigenvalue weighted by Crippen LogP contribution is -2.46. The zero-order valence-corrected chi connectivity index (χ0v) is 13.3. The maximum Gasteiger partial charge on any atom is 0.00705 e. The zero-order chi connectivity index (χ0) is 13.7. The highest BCUT2D eigenvalue weighted by molar-refractivity contribution is 4.84. The van der Waals surface area contributed by atoms with E-state index < -0.39 is 0 Å². The number of nitrogens with one attached hydrogen (secondary N) is 1. The minimum atomic E-state index is 0.708. The number of nitrogens with zero attached hydrogens (tertiary/aromatic N) is 1. The molecule has 2 aliphatic rings. The smallest absolute Gasteiger partial charge is 0.00705 e. The molecule has 19 heavy (non-hydrogen) atoms. The Morgan fingerprint density at radius 3 is 2.00 bits per heavy atom. The topological polar surface area (TPSA) is 15.3 Å². The molecule has 112 valence electrons. The van der Waals surface area contributed by atoms with Crippen LogP contribution in [0.2, 0.25) is 0 Å². The zero-order valence-electron chi connectivity index (χ0n) is 13.3. The van der Waals surface area contributed by atoms with Crippen molar-refractivity contribution in [3.05, 3.63) is 0 Å². The summed E-state index contributed by atoms with van der Waals surface area (Å²) in [6, 6.07) is 1.44. The molecule has 0 aromatic heterocycles. The van der Waals surface area contributed by atoms with E-state index in [-0.39, 0.29) is 0 Å². The fourth-order valence-electron chi connectivity index (χ4n) is 4.14. The summed E-state index contributed by atoms with van der Waals surface area (Å²) in [5.41, 5.74) is 0. The van der Waals surface area contributed by atoms with Crippen LogP contribution in [0, 0.1) is 11.8 Å². The second kappa shape index (κ2) is 7.64. The molecule has 2 heteroatoms. The molecule has 1 saturated carbocycles. The number of hydrogen-bond acceptors (Lipinski definition) is 2. The van der Waals surface area contributed by atoms with Gasteiger partial charge in [-0.25, -0.2) is 0 Å². The van der Waals surface area contributed by atoms with Gasteiger partial charge in [0.1, 0.15) is 0 Å². The van der Waals surface area contributed by atoms with Crippen LogP contribution in [0.4, 0.5) is 0 Å². The highest BCUT2D eigenvalue weighted by atomic mass is 15.1. The van der Waals surface area contributed by atoms with Crippen LogP contribution in [0.1, 0.15) is 65.7 Å². The molecule has 0 bridgehead atoms. The monoisotopic (exact) mass is 266 g/mol. The van der Waals surface area contributed by atoms with Gasteiger partial charge in [0, 0.05) is 12.1 Å². The fraction of sp³-hybridized carbons (Fsp3) is 1.00. The quantitative estimate of drug-likeness (QED) is 0.789. The van der Waals surface area contributed by atoms with Crippen LogP contribution in [0.3, 0.4) is 0 Å². The predicted octanol–water partition coefficient (Wildman–Crippen LogP) is 3.67. The molecule has 1 saturated heterocycles. The Morgan fingerprint density at radius 2 is 1.47 bits per heavy atom. The number of piperidine rings is 1. The first kappa shape index (κ1) is 15.3. The minimum Gasteiger partial charge on any atom is -0.311 e. The van der Waals surface area contributed by atoms with E-state index >= 15 is 0 Å². The van der Waals surface area contributed by atoms with Crippen molar-refractivity contribution in [2.24, 2.45) is 11.8 Å². The standard InChI is InChI=1S/C17H34N2/c1-4-11-19-12-9-17(10-13-19)15(3)18-14(2)16-7-5-6-8-16/h14-18H,4-13H2,1-3H3/t14-,15?/m0/s1. The first-order valence-corrected chi connectivity index (χ1v) is 8.69. The van der Waals surface area contributed by atoms with E-state index in [9.17, 15) is 0 Å². The van der Waals surface area contributed by atoms with Gasteiger partial charge in [0.25, 0.3) is 0 Å². The van der Waals surface area contributed by atoms with Crippen LogP contribution in [0.15, 0.2) is 0 Å². The Morgan fingerprint density at radius 1 is 0.947 bits per heavy atom. The number of likely N-dealkylation sites (tertiary alicyclic amines) is 1. The third kappa shape index (κ3) is 4.46. The summed E-state index contributed by atoms with van der Waals surface area (Å²) in [5, 5.41) is 3.92. The molecule has 2 atom stereocenters. The van der Waals surface area contributed by atoms with Gasteiger partial charge in [-0.15, -0.1) is 0 Å². The molecule has 1 aliphatic heterocycles. The molecule has 0 radical (unpaired) electrons. The fourth-order valence-corrected chi connectivity index (χ4v) is 4.14. The van der Waals surface area contributed by atoms with E-state index in [0.29, 0.717) is 6.04 Å². The van der Waals surface area contributed by atoms with Crippen LogP contribution in [0.5, 0.6) is 0 Å². The molecule has 2 nitrogen and oxygen atoms in total. The Labute approximate surface area is 120 Å². The van der Waals surface area contributed by atoms with Crippen LogP contribution in [-0.4, -0.2) is 36.6 Å². The maximum atomic E-state index is 3.92. The van der Waals surface area contributed by atoms with Crippen LogP contribution >= 0.6 is 0 Å². The van der Waals surface area contributed by atoms with Crippen molar-refractivity contribution in [2.45, 2.75) is 77.8 Å². The lowest BCUT2D eigenvalue weighted by Gasteiger charge is -2.37. The van der Waals surface area contributed by atoms with Crippen molar-refractivity contribution in [1.82, 2.24) is 10.2 Å². The van der Waals surface area contributed by atoms with Gasteiger partial charge >= 0.3 is 0 Å². The van der Waals surface area contributed by atoms with Gasteiger partial charge < -0.3 is 10.2 Å². The Balaban J connectivity index is 1.70. The van der Waals surface area contributed by atoms with Gasteiger partial charge in [0.05, 0.1) is 0 Å². The van der Waals surface area contributed by atoms with Crippen LogP contribution < -0.4 is 5.32 Å². The molecular weight excluding hydrogens is 232 g/mol. The largest absolute Gasteiger partial charge is 0.311 e. The van der Waals surface area contributed by atoms with Gasteiger partial charge in [-0.3, -0.25) is 0 Å². The average Bonchev–Trinajstić information content (AvgIpc) is 2.94. The summed E-state index contributed by atoms with van der Waals surface area (Å²) in [6.45, 7) is 11.1. The Kier molecular flexibility index (Phi) is 6.15. The molecular formula is C17H34N2. The summed E-state index contributed by atoms with van der Waals surface area (Å²) < 4.78 is 0. The van der Waals surface area contributed by atoms with Gasteiger partial charge in [-0.05, 0) is 77.4 Å². The van der Waals surface area contributed by atoms with Crippen molar-refractivity contribution in [1.29, 1.82) is 0 Å². The van der Waals surface area contributed by atoms with Crippen molar-refractivity contribution in [3.8, 4) is 0 Å². The summed E-state index contributed by atoms with van der Waals surface area (Å²) in [6.07, 6.45) is 9.92. The van der Waals surface area contributed by atoms with E-state index in [1.165, 1.54) is 64.6 Å². The molecule has 0 aromatic rings. The van der Waals surface area contributed by atoms with E-state index in [0.717, 1.165) is 17.9 Å². The van der Waals surface area contributed by atoms with Crippen molar-refractivity contribution in [2.75, 3.05) is 19.6 Å². The second-order valence-electron chi connectivity index (χ2n) is 6.97. The minimum absolute atomic E-state index is 0.708. The normalized spacial score (nSPS) is 26.7. The Bertz CT molecular complexity index is 240. The van der Waals surface area contributed by atoms with Crippen molar-refractivity contribution < 1.29 is 0 Å². The molecule has 1 heterocycles. The second-order valence-corrected chi connectivity index (χ2v) is 6.97. The lowest BCUT2D eigenvalue weighted by molar-refractivity contribution is 0.155. The summed E-state index contributed by atoms with van der Waals surface area (Å²) in [5.74, 6) is 1.85. The third-order valence-corrected chi connectivity index (χ3v) is 5.51. The Hall–Kier alpha value is -0.0800. The first-order valence-electron chi connectivity index (χ1n) is 8.69. The highest BCUT2D eigenvalue weighted by Gasteiger charge is 2.27. The predicted molar refractivity (Wildman–Crippen MR) is 83.5 cm³/mol. The van der Waals surface area contributed by atoms with Gasteiger partial charge in [0.15, 0.2) is 0 Å². The maximum absolute atomic E-state index is 3.92. The SMILES string of the molecule is CCCN1CCC(C(C)N[C@@H](C)C2CCCC2)CC1. The molecule has 1 N–H and O–H groups in total. The third-order valence-electron chi connectivity index (χ3n) is 5.51. The summed E-state index contributed by atoms with van der Waals surface area (Å²) in [4.78, 5) is 2.64. The van der Waals surface area contributed by atoms with E-state index in [2.05, 4.69) is 31.0 Å². The first-order chi connectivity index (χ1) is 9.20. The van der Waals surface area contributed by atoms with Crippen LogP contribution in [-0.2, 0) is 0 Å². The molecule has 0 amide bonds. The van der Waals surface area contributed by atoms with Gasteiger partial charge in [0.2, 0.25) is 0 Å². The van der Waals surface area contributed by atoms with Crippen LogP contribution in [0.25, 0.3) is 0 Å². The molecule has 2 fully saturated rings. The van der Waals surface area contributed by atoms with E-state index in [4.69, 9.17) is 0 Å². The number of rotatable bonds is 6.